The summed E-state index contributed by atoms with van der Waals surface area (Å²) in [7, 11) is 1.53. The van der Waals surface area contributed by atoms with Crippen LogP contribution < -0.4 is 20.7 Å². The Labute approximate surface area is 184 Å². The lowest BCUT2D eigenvalue weighted by atomic mass is 10.2. The summed E-state index contributed by atoms with van der Waals surface area (Å²) >= 11 is 11.4. The molecule has 3 N–H and O–H groups in total. The van der Waals surface area contributed by atoms with E-state index in [0.29, 0.717) is 33.3 Å². The Bertz CT molecular complexity index is 1090. The van der Waals surface area contributed by atoms with Gasteiger partial charge >= 0.3 is 0 Å². The third-order valence-corrected chi connectivity index (χ3v) is 4.60. The van der Waals surface area contributed by atoms with Gasteiger partial charge in [-0.15, -0.1) is 0 Å². The van der Waals surface area contributed by atoms with Gasteiger partial charge in [0.25, 0.3) is 11.8 Å². The van der Waals surface area contributed by atoms with E-state index >= 15 is 0 Å². The molecule has 6 nitrogen and oxygen atoms in total. The molecule has 152 valence electrons. The number of rotatable bonds is 5. The van der Waals surface area contributed by atoms with Crippen LogP contribution in [0.1, 0.15) is 20.7 Å². The average Bonchev–Trinajstić information content (AvgIpc) is 2.76. The SMILES string of the molecule is COc1cccc(C(=O)NC(=S)Nc2ccc(Cl)c(NC(=O)c3ccccc3)c2)c1. The highest BCUT2D eigenvalue weighted by Gasteiger charge is 2.12. The molecular weight excluding hydrogens is 422 g/mol. The molecule has 0 saturated carbocycles. The number of anilines is 2. The second kappa shape index (κ2) is 9.87. The number of hydrogen-bond donors (Lipinski definition) is 3. The maximum Gasteiger partial charge on any atom is 0.257 e. The van der Waals surface area contributed by atoms with Crippen molar-refractivity contribution in [2.45, 2.75) is 0 Å². The lowest BCUT2D eigenvalue weighted by Crippen LogP contribution is -2.34. The molecule has 30 heavy (non-hydrogen) atoms. The minimum absolute atomic E-state index is 0.102. The summed E-state index contributed by atoms with van der Waals surface area (Å²) in [6, 6.07) is 20.4. The smallest absolute Gasteiger partial charge is 0.257 e. The van der Waals surface area contributed by atoms with Crippen molar-refractivity contribution in [2.24, 2.45) is 0 Å². The van der Waals surface area contributed by atoms with Crippen LogP contribution in [0.15, 0.2) is 72.8 Å². The van der Waals surface area contributed by atoms with Gasteiger partial charge in [0.2, 0.25) is 0 Å². The number of ether oxygens (including phenoxy) is 1. The van der Waals surface area contributed by atoms with E-state index in [1.54, 1.807) is 66.7 Å². The van der Waals surface area contributed by atoms with Gasteiger partial charge in [0.15, 0.2) is 5.11 Å². The number of benzene rings is 3. The summed E-state index contributed by atoms with van der Waals surface area (Å²) in [5.41, 5.74) is 1.88. The first-order chi connectivity index (χ1) is 14.5. The van der Waals surface area contributed by atoms with E-state index in [4.69, 9.17) is 28.6 Å². The summed E-state index contributed by atoms with van der Waals surface area (Å²) in [5, 5.41) is 8.75. The summed E-state index contributed by atoms with van der Waals surface area (Å²) in [5.74, 6) is -0.0976. The Hall–Kier alpha value is -3.42. The third-order valence-electron chi connectivity index (χ3n) is 4.07. The van der Waals surface area contributed by atoms with Crippen molar-refractivity contribution in [1.29, 1.82) is 0 Å². The van der Waals surface area contributed by atoms with Gasteiger partial charge in [0.1, 0.15) is 5.75 Å². The van der Waals surface area contributed by atoms with Crippen molar-refractivity contribution in [3.63, 3.8) is 0 Å². The van der Waals surface area contributed by atoms with Gasteiger partial charge in [0.05, 0.1) is 17.8 Å². The molecule has 0 aliphatic heterocycles. The normalized spacial score (nSPS) is 10.1. The highest BCUT2D eigenvalue weighted by atomic mass is 35.5. The van der Waals surface area contributed by atoms with Crippen LogP contribution in [0.5, 0.6) is 5.75 Å². The van der Waals surface area contributed by atoms with E-state index < -0.39 is 0 Å². The fourth-order valence-corrected chi connectivity index (χ4v) is 2.96. The molecule has 3 aromatic carbocycles. The highest BCUT2D eigenvalue weighted by Crippen LogP contribution is 2.26. The van der Waals surface area contributed by atoms with Gasteiger partial charge in [-0.25, -0.2) is 0 Å². The Kier molecular flexibility index (Phi) is 7.00. The second-order valence-electron chi connectivity index (χ2n) is 6.15. The summed E-state index contributed by atoms with van der Waals surface area (Å²) in [6.45, 7) is 0. The molecule has 8 heteroatoms. The van der Waals surface area contributed by atoms with E-state index in [0.717, 1.165) is 0 Å². The first kappa shape index (κ1) is 21.3. The lowest BCUT2D eigenvalue weighted by molar-refractivity contribution is 0.0976. The van der Waals surface area contributed by atoms with E-state index in [1.807, 2.05) is 6.07 Å². The molecule has 0 spiro atoms. The molecular formula is C22H18ClN3O3S. The topological polar surface area (TPSA) is 79.5 Å². The molecule has 0 aliphatic rings. The number of nitrogens with one attached hydrogen (secondary N) is 3. The molecule has 0 radical (unpaired) electrons. The number of amides is 2. The van der Waals surface area contributed by atoms with E-state index in [-0.39, 0.29) is 16.9 Å². The van der Waals surface area contributed by atoms with Gasteiger partial charge in [-0.05, 0) is 60.7 Å². The van der Waals surface area contributed by atoms with Crippen LogP contribution in [0.4, 0.5) is 11.4 Å². The quantitative estimate of drug-likeness (QED) is 0.501. The van der Waals surface area contributed by atoms with Gasteiger partial charge in [-0.1, -0.05) is 35.9 Å². The minimum Gasteiger partial charge on any atom is -0.497 e. The predicted octanol–water partition coefficient (Wildman–Crippen LogP) is 4.73. The van der Waals surface area contributed by atoms with Crippen LogP contribution in [0, 0.1) is 0 Å². The molecule has 0 aromatic heterocycles. The Morgan fingerprint density at radius 3 is 2.33 bits per heavy atom. The fraction of sp³-hybridized carbons (Fsp3) is 0.0455. The van der Waals surface area contributed by atoms with Gasteiger partial charge < -0.3 is 15.4 Å². The summed E-state index contributed by atoms with van der Waals surface area (Å²) in [4.78, 5) is 24.7. The average molecular weight is 440 g/mol. The second-order valence-corrected chi connectivity index (χ2v) is 6.97. The number of carbonyl (C=O) groups is 2. The van der Waals surface area contributed by atoms with Crippen molar-refractivity contribution < 1.29 is 14.3 Å². The lowest BCUT2D eigenvalue weighted by Gasteiger charge is -2.13. The standard InChI is InChI=1S/C22H18ClN3O3S/c1-29-17-9-5-8-15(12-17)21(28)26-22(30)24-16-10-11-18(23)19(13-16)25-20(27)14-6-3-2-4-7-14/h2-13H,1H3,(H,25,27)(H2,24,26,28,30). The van der Waals surface area contributed by atoms with Crippen LogP contribution in [-0.2, 0) is 0 Å². The maximum atomic E-state index is 12.4. The van der Waals surface area contributed by atoms with Crippen molar-refractivity contribution in [2.75, 3.05) is 17.7 Å². The van der Waals surface area contributed by atoms with Crippen LogP contribution in [0.3, 0.4) is 0 Å². The van der Waals surface area contributed by atoms with Gasteiger partial charge in [-0.2, -0.15) is 0 Å². The van der Waals surface area contributed by atoms with Crippen molar-refractivity contribution in [3.05, 3.63) is 88.9 Å². The third kappa shape index (κ3) is 5.56. The molecule has 0 aliphatic carbocycles. The van der Waals surface area contributed by atoms with Crippen molar-refractivity contribution in [3.8, 4) is 5.75 Å². The van der Waals surface area contributed by atoms with Gasteiger partial charge in [-0.3, -0.25) is 14.9 Å². The molecule has 2 amide bonds. The monoisotopic (exact) mass is 439 g/mol. The summed E-state index contributed by atoms with van der Waals surface area (Å²) in [6.07, 6.45) is 0. The highest BCUT2D eigenvalue weighted by molar-refractivity contribution is 7.80. The molecule has 0 unspecified atom stereocenters. The molecule has 0 fully saturated rings. The number of thiocarbonyl (C=S) groups is 1. The zero-order valence-corrected chi connectivity index (χ0v) is 17.5. The fourth-order valence-electron chi connectivity index (χ4n) is 2.58. The summed E-state index contributed by atoms with van der Waals surface area (Å²) < 4.78 is 5.12. The number of carbonyl (C=O) groups excluding carboxylic acids is 2. The maximum absolute atomic E-state index is 12.4. The Morgan fingerprint density at radius 2 is 1.60 bits per heavy atom. The number of halogens is 1. The largest absolute Gasteiger partial charge is 0.497 e. The van der Waals surface area contributed by atoms with Crippen LogP contribution in [0.2, 0.25) is 5.02 Å². The van der Waals surface area contributed by atoms with E-state index in [2.05, 4.69) is 16.0 Å². The van der Waals surface area contributed by atoms with Crippen LogP contribution in [-0.4, -0.2) is 24.0 Å². The molecule has 0 heterocycles. The Morgan fingerprint density at radius 1 is 0.867 bits per heavy atom. The molecule has 3 rings (SSSR count). The zero-order valence-electron chi connectivity index (χ0n) is 15.9. The van der Waals surface area contributed by atoms with Crippen LogP contribution in [0.25, 0.3) is 0 Å². The van der Waals surface area contributed by atoms with E-state index in [1.165, 1.54) is 7.11 Å². The van der Waals surface area contributed by atoms with Crippen molar-refractivity contribution in [1.82, 2.24) is 5.32 Å². The zero-order chi connectivity index (χ0) is 21.5. The molecule has 0 bridgehead atoms. The molecule has 0 atom stereocenters. The first-order valence-corrected chi connectivity index (χ1v) is 9.67. The Balaban J connectivity index is 1.66. The van der Waals surface area contributed by atoms with E-state index in [9.17, 15) is 9.59 Å². The number of methoxy groups -OCH3 is 1. The molecule has 3 aromatic rings. The minimum atomic E-state index is -0.377. The molecule has 0 saturated heterocycles. The predicted molar refractivity (Wildman–Crippen MR) is 123 cm³/mol. The van der Waals surface area contributed by atoms with Crippen molar-refractivity contribution >= 4 is 52.1 Å². The first-order valence-electron chi connectivity index (χ1n) is 8.88. The van der Waals surface area contributed by atoms with Gasteiger partial charge in [0, 0.05) is 16.8 Å². The number of hydrogen-bond acceptors (Lipinski definition) is 4. The van der Waals surface area contributed by atoms with Crippen LogP contribution >= 0.6 is 23.8 Å².